The first-order valence-corrected chi connectivity index (χ1v) is 12.8. The number of ether oxygens (including phenoxy) is 4. The Hall–Kier alpha value is 0.0169. The quantitative estimate of drug-likeness (QED) is 0.332. The van der Waals surface area contributed by atoms with Crippen molar-refractivity contribution < 1.29 is 23.4 Å². The Morgan fingerprint density at radius 1 is 0.920 bits per heavy atom. The second-order valence-corrected chi connectivity index (χ2v) is 11.5. The Morgan fingerprint density at radius 2 is 1.52 bits per heavy atom. The zero-order valence-electron chi connectivity index (χ0n) is 17.3. The molecular weight excluding hydrogens is 336 g/mol. The van der Waals surface area contributed by atoms with Crippen molar-refractivity contribution in [2.45, 2.75) is 104 Å². The summed E-state index contributed by atoms with van der Waals surface area (Å²) >= 11 is 0. The predicted octanol–water partition coefficient (Wildman–Crippen LogP) is 5.06. The third-order valence-corrected chi connectivity index (χ3v) is 9.96. The highest BCUT2D eigenvalue weighted by atomic mass is 28.4. The van der Waals surface area contributed by atoms with E-state index in [0.717, 1.165) is 37.4 Å². The minimum atomic E-state index is -1.59. The van der Waals surface area contributed by atoms with Gasteiger partial charge in [-0.15, -0.1) is 0 Å². The molecule has 1 fully saturated rings. The van der Waals surface area contributed by atoms with E-state index in [4.69, 9.17) is 23.4 Å². The largest absolute Gasteiger partial charge is 0.414 e. The van der Waals surface area contributed by atoms with Crippen molar-refractivity contribution in [2.75, 3.05) is 19.8 Å². The molecule has 1 rings (SSSR count). The van der Waals surface area contributed by atoms with E-state index in [1.165, 1.54) is 0 Å². The fourth-order valence-electron chi connectivity index (χ4n) is 3.11. The van der Waals surface area contributed by atoms with E-state index in [-0.39, 0.29) is 12.4 Å². The van der Waals surface area contributed by atoms with Gasteiger partial charge < -0.3 is 18.6 Å². The summed E-state index contributed by atoms with van der Waals surface area (Å²) in [6.07, 6.45) is 2.92. The Kier molecular flexibility index (Phi) is 10.8. The molecule has 150 valence electrons. The average molecular weight is 377 g/mol. The number of hydrogen-bond donors (Lipinski definition) is 0. The maximum atomic E-state index is 6.41. The van der Waals surface area contributed by atoms with E-state index in [0.29, 0.717) is 26.2 Å². The van der Waals surface area contributed by atoms with Crippen LogP contribution in [-0.2, 0) is 23.4 Å². The molecule has 1 aliphatic rings. The van der Waals surface area contributed by atoms with Crippen LogP contribution in [0.1, 0.15) is 67.2 Å². The van der Waals surface area contributed by atoms with Crippen LogP contribution >= 0.6 is 0 Å². The summed E-state index contributed by atoms with van der Waals surface area (Å²) in [4.78, 5) is 0. The van der Waals surface area contributed by atoms with Gasteiger partial charge in [0.05, 0.1) is 25.9 Å². The van der Waals surface area contributed by atoms with Crippen molar-refractivity contribution in [3.63, 3.8) is 0 Å². The molecule has 0 aliphatic carbocycles. The van der Waals surface area contributed by atoms with Crippen LogP contribution in [0, 0.1) is 0 Å². The van der Waals surface area contributed by atoms with Crippen LogP contribution in [0.15, 0.2) is 0 Å². The van der Waals surface area contributed by atoms with E-state index in [1.54, 1.807) is 0 Å². The first kappa shape index (κ1) is 23.1. The van der Waals surface area contributed by atoms with E-state index in [2.05, 4.69) is 34.6 Å². The van der Waals surface area contributed by atoms with Gasteiger partial charge in [0.1, 0.15) is 0 Å². The number of rotatable bonds is 13. The lowest BCUT2D eigenvalue weighted by atomic mass is 10.3. The highest BCUT2D eigenvalue weighted by molar-refractivity contribution is 6.73. The molecule has 5 nitrogen and oxygen atoms in total. The molecule has 1 heterocycles. The van der Waals surface area contributed by atoms with Gasteiger partial charge in [0.2, 0.25) is 0 Å². The van der Waals surface area contributed by atoms with Gasteiger partial charge in [-0.05, 0) is 37.4 Å². The maximum Gasteiger partial charge on any atom is 0.284 e. The lowest BCUT2D eigenvalue weighted by molar-refractivity contribution is -0.437. The lowest BCUT2D eigenvalue weighted by Crippen LogP contribution is -2.47. The van der Waals surface area contributed by atoms with Crippen molar-refractivity contribution in [1.29, 1.82) is 0 Å². The van der Waals surface area contributed by atoms with Gasteiger partial charge in [-0.25, -0.2) is 0 Å². The number of hydrogen-bond acceptors (Lipinski definition) is 5. The van der Waals surface area contributed by atoms with Gasteiger partial charge in [-0.2, -0.15) is 0 Å². The Morgan fingerprint density at radius 3 is 1.96 bits per heavy atom. The molecule has 0 saturated carbocycles. The molecular formula is C19H40O5Si. The zero-order chi connectivity index (χ0) is 18.8. The lowest BCUT2D eigenvalue weighted by Gasteiger charge is -2.39. The molecule has 0 spiro atoms. The zero-order valence-corrected chi connectivity index (χ0v) is 18.3. The highest BCUT2D eigenvalue weighted by Gasteiger charge is 2.38. The van der Waals surface area contributed by atoms with Gasteiger partial charge >= 0.3 is 0 Å². The first-order chi connectivity index (χ1) is 12.0. The summed E-state index contributed by atoms with van der Waals surface area (Å²) < 4.78 is 30.3. The topological polar surface area (TPSA) is 46.2 Å². The molecule has 6 heteroatoms. The molecule has 0 aromatic carbocycles. The molecule has 0 aromatic heterocycles. The maximum absolute atomic E-state index is 6.41. The SMILES string of the molecule is CCC(CO[Si](CC)(CC)CC)OC(CC)OC1(CC)OCCCO1. The summed E-state index contributed by atoms with van der Waals surface area (Å²) in [6.45, 7) is 15.0. The fourth-order valence-corrected chi connectivity index (χ4v) is 5.76. The summed E-state index contributed by atoms with van der Waals surface area (Å²) in [6, 6.07) is 3.47. The normalized spacial score (nSPS) is 20.4. The first-order valence-electron chi connectivity index (χ1n) is 10.3. The van der Waals surface area contributed by atoms with Crippen LogP contribution < -0.4 is 0 Å². The Bertz CT molecular complexity index is 334. The average Bonchev–Trinajstić information content (AvgIpc) is 2.68. The second kappa shape index (κ2) is 11.7. The summed E-state index contributed by atoms with van der Waals surface area (Å²) in [5.74, 6) is -0.952. The molecule has 2 atom stereocenters. The van der Waals surface area contributed by atoms with Crippen LogP contribution in [0.3, 0.4) is 0 Å². The minimum Gasteiger partial charge on any atom is -0.414 e. The summed E-state index contributed by atoms with van der Waals surface area (Å²) in [7, 11) is -1.59. The molecule has 0 radical (unpaired) electrons. The van der Waals surface area contributed by atoms with Gasteiger partial charge in [0, 0.05) is 6.42 Å². The summed E-state index contributed by atoms with van der Waals surface area (Å²) in [5, 5.41) is 0. The standard InChI is InChI=1S/C19H40O5Si/c1-7-17(16-22-25(10-4,11-5)12-6)23-18(8-2)24-19(9-3)20-14-13-15-21-19/h17-18H,7-16H2,1-6H3. The van der Waals surface area contributed by atoms with Crippen molar-refractivity contribution >= 4 is 8.32 Å². The van der Waals surface area contributed by atoms with E-state index < -0.39 is 14.3 Å². The third kappa shape index (κ3) is 6.92. The molecule has 25 heavy (non-hydrogen) atoms. The van der Waals surface area contributed by atoms with Gasteiger partial charge in [-0.1, -0.05) is 41.5 Å². The van der Waals surface area contributed by atoms with Gasteiger partial charge in [0.15, 0.2) is 14.6 Å². The fraction of sp³-hybridized carbons (Fsp3) is 1.00. The van der Waals surface area contributed by atoms with Crippen LogP contribution in [-0.4, -0.2) is 46.5 Å². The van der Waals surface area contributed by atoms with E-state index in [1.807, 2.05) is 6.92 Å². The van der Waals surface area contributed by atoms with Gasteiger partial charge in [0.25, 0.3) is 5.97 Å². The van der Waals surface area contributed by atoms with Crippen LogP contribution in [0.4, 0.5) is 0 Å². The van der Waals surface area contributed by atoms with E-state index >= 15 is 0 Å². The van der Waals surface area contributed by atoms with Crippen molar-refractivity contribution in [3.8, 4) is 0 Å². The molecule has 1 aliphatic heterocycles. The second-order valence-electron chi connectivity index (χ2n) is 6.76. The molecule has 0 N–H and O–H groups in total. The van der Waals surface area contributed by atoms with Gasteiger partial charge in [-0.3, -0.25) is 4.74 Å². The van der Waals surface area contributed by atoms with E-state index in [9.17, 15) is 0 Å². The summed E-state index contributed by atoms with van der Waals surface area (Å²) in [5.41, 5.74) is 0. The smallest absolute Gasteiger partial charge is 0.284 e. The van der Waals surface area contributed by atoms with Crippen molar-refractivity contribution in [3.05, 3.63) is 0 Å². The molecule has 0 aromatic rings. The Balaban J connectivity index is 2.60. The minimum absolute atomic E-state index is 0.0407. The van der Waals surface area contributed by atoms with Crippen LogP contribution in [0.25, 0.3) is 0 Å². The predicted molar refractivity (Wildman–Crippen MR) is 103 cm³/mol. The third-order valence-electron chi connectivity index (χ3n) is 5.32. The van der Waals surface area contributed by atoms with Crippen molar-refractivity contribution in [1.82, 2.24) is 0 Å². The molecule has 1 saturated heterocycles. The van der Waals surface area contributed by atoms with Crippen molar-refractivity contribution in [2.24, 2.45) is 0 Å². The monoisotopic (exact) mass is 376 g/mol. The van der Waals surface area contributed by atoms with Crippen LogP contribution in [0.5, 0.6) is 0 Å². The molecule has 0 bridgehead atoms. The van der Waals surface area contributed by atoms with Crippen LogP contribution in [0.2, 0.25) is 18.1 Å². The Labute approximate surface area is 155 Å². The highest BCUT2D eigenvalue weighted by Crippen LogP contribution is 2.28. The molecule has 0 amide bonds. The molecule has 2 unspecified atom stereocenters.